The number of rotatable bonds is 6. The van der Waals surface area contributed by atoms with Crippen molar-refractivity contribution in [1.82, 2.24) is 20.5 Å². The van der Waals surface area contributed by atoms with E-state index >= 15 is 0 Å². The van der Waals surface area contributed by atoms with Gasteiger partial charge in [0.15, 0.2) is 5.82 Å². The van der Waals surface area contributed by atoms with Gasteiger partial charge in [-0.15, -0.1) is 0 Å². The second-order valence-electron chi connectivity index (χ2n) is 7.74. The van der Waals surface area contributed by atoms with Crippen LogP contribution in [0.4, 0.5) is 5.69 Å². The zero-order chi connectivity index (χ0) is 17.9. The SMILES string of the molecule is CC(CC(=O)Nc1cccc(-c2n[nH]c(C3CC3)n2)c1)C1CCCNC1. The third kappa shape index (κ3) is 4.12. The first-order valence-corrected chi connectivity index (χ1v) is 9.72. The van der Waals surface area contributed by atoms with E-state index in [1.165, 1.54) is 25.7 Å². The van der Waals surface area contributed by atoms with E-state index in [2.05, 4.69) is 32.7 Å². The van der Waals surface area contributed by atoms with Crippen LogP contribution < -0.4 is 10.6 Å². The van der Waals surface area contributed by atoms with E-state index < -0.39 is 0 Å². The number of piperidine rings is 1. The maximum atomic E-state index is 12.4. The first kappa shape index (κ1) is 17.2. The molecule has 6 nitrogen and oxygen atoms in total. The summed E-state index contributed by atoms with van der Waals surface area (Å²) in [6, 6.07) is 7.78. The van der Waals surface area contributed by atoms with Crippen LogP contribution in [0, 0.1) is 11.8 Å². The van der Waals surface area contributed by atoms with Crippen LogP contribution in [0.5, 0.6) is 0 Å². The van der Waals surface area contributed by atoms with Crippen molar-refractivity contribution in [1.29, 1.82) is 0 Å². The van der Waals surface area contributed by atoms with Gasteiger partial charge in [0.2, 0.25) is 5.91 Å². The molecular weight excluding hydrogens is 326 g/mol. The van der Waals surface area contributed by atoms with Crippen LogP contribution in [-0.2, 0) is 4.79 Å². The van der Waals surface area contributed by atoms with Crippen molar-refractivity contribution in [3.63, 3.8) is 0 Å². The summed E-state index contributed by atoms with van der Waals surface area (Å²) in [5, 5.41) is 13.8. The van der Waals surface area contributed by atoms with Gasteiger partial charge in [-0.3, -0.25) is 9.89 Å². The topological polar surface area (TPSA) is 82.7 Å². The number of aromatic nitrogens is 3. The number of benzene rings is 1. The molecule has 2 unspecified atom stereocenters. The van der Waals surface area contributed by atoms with Crippen LogP contribution >= 0.6 is 0 Å². The van der Waals surface area contributed by atoms with E-state index in [-0.39, 0.29) is 5.91 Å². The van der Waals surface area contributed by atoms with Crippen molar-refractivity contribution in [2.75, 3.05) is 18.4 Å². The maximum absolute atomic E-state index is 12.4. The largest absolute Gasteiger partial charge is 0.326 e. The molecule has 1 saturated carbocycles. The van der Waals surface area contributed by atoms with Crippen LogP contribution in [0.3, 0.4) is 0 Å². The molecule has 1 aromatic carbocycles. The van der Waals surface area contributed by atoms with Crippen LogP contribution in [-0.4, -0.2) is 34.2 Å². The highest BCUT2D eigenvalue weighted by molar-refractivity contribution is 5.91. The van der Waals surface area contributed by atoms with Crippen molar-refractivity contribution in [3.8, 4) is 11.4 Å². The third-order valence-corrected chi connectivity index (χ3v) is 5.52. The Hall–Kier alpha value is -2.21. The monoisotopic (exact) mass is 353 g/mol. The summed E-state index contributed by atoms with van der Waals surface area (Å²) in [5.74, 6) is 3.29. The molecule has 2 fully saturated rings. The quantitative estimate of drug-likeness (QED) is 0.744. The summed E-state index contributed by atoms with van der Waals surface area (Å²) < 4.78 is 0. The van der Waals surface area contributed by atoms with Crippen molar-refractivity contribution in [2.24, 2.45) is 11.8 Å². The van der Waals surface area contributed by atoms with Gasteiger partial charge in [-0.25, -0.2) is 4.98 Å². The van der Waals surface area contributed by atoms with Gasteiger partial charge in [0.1, 0.15) is 5.82 Å². The fraction of sp³-hybridized carbons (Fsp3) is 0.550. The van der Waals surface area contributed by atoms with Gasteiger partial charge in [0.05, 0.1) is 0 Å². The summed E-state index contributed by atoms with van der Waals surface area (Å²) in [6.07, 6.45) is 5.37. The molecule has 4 rings (SSSR count). The highest BCUT2D eigenvalue weighted by atomic mass is 16.1. The number of H-pyrrole nitrogens is 1. The number of carbonyl (C=O) groups is 1. The first-order chi connectivity index (χ1) is 12.7. The van der Waals surface area contributed by atoms with Gasteiger partial charge in [0, 0.05) is 23.6 Å². The molecule has 3 N–H and O–H groups in total. The molecule has 1 aliphatic heterocycles. The Labute approximate surface area is 154 Å². The molecule has 0 bridgehead atoms. The number of amides is 1. The minimum atomic E-state index is 0.0777. The van der Waals surface area contributed by atoms with Crippen molar-refractivity contribution < 1.29 is 4.79 Å². The molecule has 1 amide bonds. The fourth-order valence-electron chi connectivity index (χ4n) is 3.71. The summed E-state index contributed by atoms with van der Waals surface area (Å²) >= 11 is 0. The van der Waals surface area contributed by atoms with Gasteiger partial charge in [-0.05, 0) is 62.7 Å². The number of hydrogen-bond acceptors (Lipinski definition) is 4. The van der Waals surface area contributed by atoms with Gasteiger partial charge in [0.25, 0.3) is 0 Å². The molecule has 0 radical (unpaired) electrons. The van der Waals surface area contributed by atoms with Crippen molar-refractivity contribution >= 4 is 11.6 Å². The number of carbonyl (C=O) groups excluding carboxylic acids is 1. The molecule has 2 heterocycles. The Morgan fingerprint density at radius 1 is 1.35 bits per heavy atom. The zero-order valence-electron chi connectivity index (χ0n) is 15.3. The highest BCUT2D eigenvalue weighted by Crippen LogP contribution is 2.38. The number of nitrogens with zero attached hydrogens (tertiary/aromatic N) is 2. The predicted molar refractivity (Wildman–Crippen MR) is 102 cm³/mol. The van der Waals surface area contributed by atoms with Crippen LogP contribution in [0.1, 0.15) is 50.8 Å². The second kappa shape index (κ2) is 7.58. The highest BCUT2D eigenvalue weighted by Gasteiger charge is 2.27. The normalized spacial score (nSPS) is 21.3. The molecule has 26 heavy (non-hydrogen) atoms. The molecule has 138 valence electrons. The summed E-state index contributed by atoms with van der Waals surface area (Å²) in [4.78, 5) is 17.0. The molecule has 0 spiro atoms. The fourth-order valence-corrected chi connectivity index (χ4v) is 3.71. The van der Waals surface area contributed by atoms with E-state index in [1.54, 1.807) is 0 Å². The smallest absolute Gasteiger partial charge is 0.224 e. The standard InChI is InChI=1S/C20H27N5O/c1-13(16-5-3-9-21-12-16)10-18(26)22-17-6-2-4-15(11-17)20-23-19(24-25-20)14-7-8-14/h2,4,6,11,13-14,16,21H,3,5,7-10,12H2,1H3,(H,22,26)(H,23,24,25). The lowest BCUT2D eigenvalue weighted by Gasteiger charge is -2.28. The van der Waals surface area contributed by atoms with Gasteiger partial charge in [-0.1, -0.05) is 19.1 Å². The molecule has 1 saturated heterocycles. The van der Waals surface area contributed by atoms with E-state index in [9.17, 15) is 4.79 Å². The number of nitrogens with one attached hydrogen (secondary N) is 3. The minimum absolute atomic E-state index is 0.0777. The summed E-state index contributed by atoms with van der Waals surface area (Å²) in [6.45, 7) is 4.31. The van der Waals surface area contributed by atoms with Crippen LogP contribution in [0.2, 0.25) is 0 Å². The summed E-state index contributed by atoms with van der Waals surface area (Å²) in [5.41, 5.74) is 1.73. The Balaban J connectivity index is 1.37. The van der Waals surface area contributed by atoms with Crippen molar-refractivity contribution in [2.45, 2.75) is 44.9 Å². The van der Waals surface area contributed by atoms with E-state index in [4.69, 9.17) is 0 Å². The number of anilines is 1. The molecule has 2 aromatic rings. The van der Waals surface area contributed by atoms with Crippen molar-refractivity contribution in [3.05, 3.63) is 30.1 Å². The Bertz CT molecular complexity index is 761. The van der Waals surface area contributed by atoms with Crippen LogP contribution in [0.15, 0.2) is 24.3 Å². The molecular formula is C20H27N5O. The van der Waals surface area contributed by atoms with Gasteiger partial charge < -0.3 is 10.6 Å². The predicted octanol–water partition coefficient (Wildman–Crippen LogP) is 3.31. The molecule has 2 aliphatic rings. The summed E-state index contributed by atoms with van der Waals surface area (Å²) in [7, 11) is 0. The van der Waals surface area contributed by atoms with Gasteiger partial charge >= 0.3 is 0 Å². The molecule has 2 atom stereocenters. The van der Waals surface area contributed by atoms with E-state index in [1.807, 2.05) is 24.3 Å². The number of hydrogen-bond donors (Lipinski definition) is 3. The molecule has 1 aliphatic carbocycles. The third-order valence-electron chi connectivity index (χ3n) is 5.52. The Morgan fingerprint density at radius 2 is 2.23 bits per heavy atom. The lowest BCUT2D eigenvalue weighted by molar-refractivity contribution is -0.117. The first-order valence-electron chi connectivity index (χ1n) is 9.72. The Morgan fingerprint density at radius 3 is 3.00 bits per heavy atom. The molecule has 6 heteroatoms. The van der Waals surface area contributed by atoms with E-state index in [0.29, 0.717) is 30.0 Å². The number of aromatic amines is 1. The van der Waals surface area contributed by atoms with Gasteiger partial charge in [-0.2, -0.15) is 5.10 Å². The lowest BCUT2D eigenvalue weighted by Crippen LogP contribution is -2.34. The second-order valence-corrected chi connectivity index (χ2v) is 7.74. The average molecular weight is 353 g/mol. The van der Waals surface area contributed by atoms with Crippen LogP contribution in [0.25, 0.3) is 11.4 Å². The minimum Gasteiger partial charge on any atom is -0.326 e. The average Bonchev–Trinajstić information content (AvgIpc) is 3.39. The van der Waals surface area contributed by atoms with E-state index in [0.717, 1.165) is 30.2 Å². The maximum Gasteiger partial charge on any atom is 0.224 e. The molecule has 1 aromatic heterocycles. The Kier molecular flexibility index (Phi) is 5.02. The zero-order valence-corrected chi connectivity index (χ0v) is 15.3. The lowest BCUT2D eigenvalue weighted by atomic mass is 9.85.